The number of rotatable bonds is 5. The van der Waals surface area contributed by atoms with E-state index in [4.69, 9.17) is 23.2 Å². The molecule has 6 heteroatoms. The van der Waals surface area contributed by atoms with Gasteiger partial charge in [-0.2, -0.15) is 0 Å². The van der Waals surface area contributed by atoms with E-state index in [1.54, 1.807) is 24.3 Å². The summed E-state index contributed by atoms with van der Waals surface area (Å²) in [5.41, 5.74) is 1.77. The first-order valence-electron chi connectivity index (χ1n) is 6.47. The molecule has 0 radical (unpaired) electrons. The smallest absolute Gasteiger partial charge is 0.269 e. The van der Waals surface area contributed by atoms with Crippen molar-refractivity contribution in [3.05, 3.63) is 68.2 Å². The third-order valence-electron chi connectivity index (χ3n) is 3.15. The summed E-state index contributed by atoms with van der Waals surface area (Å²) in [6, 6.07) is 11.9. The minimum absolute atomic E-state index is 0.0397. The van der Waals surface area contributed by atoms with E-state index in [0.29, 0.717) is 10.0 Å². The van der Waals surface area contributed by atoms with Gasteiger partial charge in [-0.3, -0.25) is 10.1 Å². The topological polar surface area (TPSA) is 55.2 Å². The molecule has 0 aliphatic rings. The van der Waals surface area contributed by atoms with Crippen LogP contribution in [0.3, 0.4) is 0 Å². The number of nitrogens with zero attached hydrogens (tertiary/aromatic N) is 1. The van der Waals surface area contributed by atoms with Gasteiger partial charge in [0.05, 0.1) is 21.0 Å². The minimum atomic E-state index is -0.393. The van der Waals surface area contributed by atoms with Crippen LogP contribution in [-0.2, 0) is 0 Å². The molecule has 1 unspecified atom stereocenters. The highest BCUT2D eigenvalue weighted by atomic mass is 35.5. The first-order chi connectivity index (χ1) is 10.0. The van der Waals surface area contributed by atoms with Crippen LogP contribution in [0.5, 0.6) is 0 Å². The van der Waals surface area contributed by atoms with Gasteiger partial charge in [0.2, 0.25) is 0 Å². The molecule has 4 nitrogen and oxygen atoms in total. The van der Waals surface area contributed by atoms with E-state index in [0.717, 1.165) is 17.7 Å². The lowest BCUT2D eigenvalue weighted by atomic mass is 10.0. The Hall–Kier alpha value is -1.78. The molecule has 0 aromatic heterocycles. The van der Waals surface area contributed by atoms with Crippen molar-refractivity contribution >= 4 is 34.6 Å². The van der Waals surface area contributed by atoms with Crippen LogP contribution in [0.2, 0.25) is 10.0 Å². The summed E-state index contributed by atoms with van der Waals surface area (Å²) >= 11 is 11.9. The number of anilines is 1. The predicted molar refractivity (Wildman–Crippen MR) is 86.2 cm³/mol. The van der Waals surface area contributed by atoms with Gasteiger partial charge in [0.15, 0.2) is 0 Å². The predicted octanol–water partition coefficient (Wildman–Crippen LogP) is 5.46. The van der Waals surface area contributed by atoms with Crippen molar-refractivity contribution in [2.24, 2.45) is 0 Å². The first kappa shape index (κ1) is 15.6. The van der Waals surface area contributed by atoms with Crippen LogP contribution in [0.15, 0.2) is 42.5 Å². The SMILES string of the molecule is CCC(Nc1ccc(Cl)c(Cl)c1)c1cccc([N+](=O)[O-])c1. The zero-order chi connectivity index (χ0) is 15.4. The molecule has 1 atom stereocenters. The zero-order valence-electron chi connectivity index (χ0n) is 11.3. The van der Waals surface area contributed by atoms with Crippen molar-refractivity contribution < 1.29 is 4.92 Å². The van der Waals surface area contributed by atoms with E-state index in [2.05, 4.69) is 5.32 Å². The van der Waals surface area contributed by atoms with Gasteiger partial charge in [-0.1, -0.05) is 42.3 Å². The Labute approximate surface area is 132 Å². The van der Waals surface area contributed by atoms with Gasteiger partial charge < -0.3 is 5.32 Å². The summed E-state index contributed by atoms with van der Waals surface area (Å²) in [5, 5.41) is 15.1. The molecule has 110 valence electrons. The third-order valence-corrected chi connectivity index (χ3v) is 3.89. The van der Waals surface area contributed by atoms with Crippen LogP contribution < -0.4 is 5.32 Å². The normalized spacial score (nSPS) is 12.0. The van der Waals surface area contributed by atoms with Crippen LogP contribution in [0.25, 0.3) is 0 Å². The summed E-state index contributed by atoms with van der Waals surface area (Å²) < 4.78 is 0. The minimum Gasteiger partial charge on any atom is -0.378 e. The average molecular weight is 325 g/mol. The molecule has 0 amide bonds. The van der Waals surface area contributed by atoms with Gasteiger partial charge in [0.25, 0.3) is 5.69 Å². The maximum Gasteiger partial charge on any atom is 0.269 e. The zero-order valence-corrected chi connectivity index (χ0v) is 12.9. The van der Waals surface area contributed by atoms with Gasteiger partial charge in [-0.15, -0.1) is 0 Å². The number of non-ortho nitro benzene ring substituents is 1. The molecular formula is C15H14Cl2N2O2. The van der Waals surface area contributed by atoms with Crippen molar-refractivity contribution in [1.29, 1.82) is 0 Å². The summed E-state index contributed by atoms with van der Waals surface area (Å²) in [4.78, 5) is 10.5. The summed E-state index contributed by atoms with van der Waals surface area (Å²) in [5.74, 6) is 0. The second-order valence-corrected chi connectivity index (χ2v) is 5.40. The number of benzene rings is 2. The molecule has 0 saturated carbocycles. The number of nitrogens with one attached hydrogen (secondary N) is 1. The second kappa shape index (κ2) is 6.78. The Balaban J connectivity index is 2.25. The Bertz CT molecular complexity index is 662. The lowest BCUT2D eigenvalue weighted by Crippen LogP contribution is -2.10. The summed E-state index contributed by atoms with van der Waals surface area (Å²) in [6.45, 7) is 2.01. The molecule has 2 aromatic carbocycles. The van der Waals surface area contributed by atoms with Gasteiger partial charge in [-0.25, -0.2) is 0 Å². The van der Waals surface area contributed by atoms with Crippen LogP contribution in [0.1, 0.15) is 24.9 Å². The molecule has 0 aliphatic heterocycles. The molecule has 0 fully saturated rings. The van der Waals surface area contributed by atoms with E-state index in [1.807, 2.05) is 19.1 Å². The van der Waals surface area contributed by atoms with Crippen LogP contribution >= 0.6 is 23.2 Å². The maximum absolute atomic E-state index is 10.9. The monoisotopic (exact) mass is 324 g/mol. The lowest BCUT2D eigenvalue weighted by molar-refractivity contribution is -0.384. The molecular weight excluding hydrogens is 311 g/mol. The number of hydrogen-bond acceptors (Lipinski definition) is 3. The molecule has 2 rings (SSSR count). The van der Waals surface area contributed by atoms with Gasteiger partial charge in [-0.05, 0) is 30.2 Å². The molecule has 0 bridgehead atoms. The number of hydrogen-bond donors (Lipinski definition) is 1. The molecule has 21 heavy (non-hydrogen) atoms. The van der Waals surface area contributed by atoms with Crippen molar-refractivity contribution in [3.63, 3.8) is 0 Å². The standard InChI is InChI=1S/C15H14Cl2N2O2/c1-2-15(10-4-3-5-12(8-10)19(20)21)18-11-6-7-13(16)14(17)9-11/h3-9,15,18H,2H2,1H3. The van der Waals surface area contributed by atoms with E-state index in [-0.39, 0.29) is 11.7 Å². The Morgan fingerprint density at radius 2 is 1.95 bits per heavy atom. The Morgan fingerprint density at radius 3 is 2.57 bits per heavy atom. The summed E-state index contributed by atoms with van der Waals surface area (Å²) in [6.07, 6.45) is 0.779. The van der Waals surface area contributed by atoms with Crippen molar-refractivity contribution in [2.45, 2.75) is 19.4 Å². The quantitative estimate of drug-likeness (QED) is 0.586. The largest absolute Gasteiger partial charge is 0.378 e. The van der Waals surface area contributed by atoms with E-state index in [1.165, 1.54) is 6.07 Å². The Morgan fingerprint density at radius 1 is 1.19 bits per heavy atom. The lowest BCUT2D eigenvalue weighted by Gasteiger charge is -2.19. The highest BCUT2D eigenvalue weighted by molar-refractivity contribution is 6.42. The molecule has 0 aliphatic carbocycles. The molecule has 1 N–H and O–H groups in total. The molecule has 0 saturated heterocycles. The fraction of sp³-hybridized carbons (Fsp3) is 0.200. The molecule has 2 aromatic rings. The van der Waals surface area contributed by atoms with Crippen molar-refractivity contribution in [1.82, 2.24) is 0 Å². The molecule has 0 heterocycles. The summed E-state index contributed by atoms with van der Waals surface area (Å²) in [7, 11) is 0. The fourth-order valence-electron chi connectivity index (χ4n) is 2.06. The average Bonchev–Trinajstić information content (AvgIpc) is 2.48. The maximum atomic E-state index is 10.9. The van der Waals surface area contributed by atoms with Crippen LogP contribution in [-0.4, -0.2) is 4.92 Å². The van der Waals surface area contributed by atoms with Crippen LogP contribution in [0.4, 0.5) is 11.4 Å². The highest BCUT2D eigenvalue weighted by Crippen LogP contribution is 2.29. The van der Waals surface area contributed by atoms with Gasteiger partial charge >= 0.3 is 0 Å². The Kier molecular flexibility index (Phi) is 5.04. The number of nitro benzene ring substituents is 1. The number of halogens is 2. The second-order valence-electron chi connectivity index (χ2n) is 4.59. The number of nitro groups is 1. The van der Waals surface area contributed by atoms with Gasteiger partial charge in [0, 0.05) is 17.8 Å². The third kappa shape index (κ3) is 3.86. The van der Waals surface area contributed by atoms with Crippen molar-refractivity contribution in [2.75, 3.05) is 5.32 Å². The molecule has 0 spiro atoms. The van der Waals surface area contributed by atoms with E-state index < -0.39 is 4.92 Å². The van der Waals surface area contributed by atoms with E-state index in [9.17, 15) is 10.1 Å². The highest BCUT2D eigenvalue weighted by Gasteiger charge is 2.13. The first-order valence-corrected chi connectivity index (χ1v) is 7.22. The van der Waals surface area contributed by atoms with Crippen molar-refractivity contribution in [3.8, 4) is 0 Å². The fourth-order valence-corrected chi connectivity index (χ4v) is 2.36. The van der Waals surface area contributed by atoms with Gasteiger partial charge in [0.1, 0.15) is 0 Å². The van der Waals surface area contributed by atoms with Crippen LogP contribution in [0, 0.1) is 10.1 Å². The van der Waals surface area contributed by atoms with E-state index >= 15 is 0 Å².